The molecule has 2 aromatic heterocycles. The van der Waals surface area contributed by atoms with Gasteiger partial charge in [0.2, 0.25) is 0 Å². The number of ether oxygens (including phenoxy) is 1. The molecule has 4 rings (SSSR count). The molecule has 0 atom stereocenters. The van der Waals surface area contributed by atoms with Crippen LogP contribution in [0.5, 0.6) is 0 Å². The standard InChI is InChI=1S/C17H17ClN4OS/c1-23-9-8-22-13-5-3-2-4-12(13)19-17(22)24-15-10-14(18)20-16(21-15)11-6-7-11/h2-5,10-11H,6-9H2,1H3. The molecule has 3 aromatic rings. The highest BCUT2D eigenvalue weighted by Crippen LogP contribution is 2.39. The van der Waals surface area contributed by atoms with Crippen LogP contribution in [0.3, 0.4) is 0 Å². The summed E-state index contributed by atoms with van der Waals surface area (Å²) in [6, 6.07) is 9.92. The predicted molar refractivity (Wildman–Crippen MR) is 94.7 cm³/mol. The van der Waals surface area contributed by atoms with Gasteiger partial charge in [0.15, 0.2) is 5.16 Å². The van der Waals surface area contributed by atoms with Crippen molar-refractivity contribution in [2.75, 3.05) is 13.7 Å². The minimum Gasteiger partial charge on any atom is -0.383 e. The lowest BCUT2D eigenvalue weighted by Gasteiger charge is -2.08. The number of nitrogens with zero attached hydrogens (tertiary/aromatic N) is 4. The van der Waals surface area contributed by atoms with Crippen LogP contribution in [0.15, 0.2) is 40.5 Å². The third kappa shape index (κ3) is 3.27. The van der Waals surface area contributed by atoms with E-state index >= 15 is 0 Å². The predicted octanol–water partition coefficient (Wildman–Crippen LogP) is 4.15. The summed E-state index contributed by atoms with van der Waals surface area (Å²) in [5, 5.41) is 2.23. The van der Waals surface area contributed by atoms with E-state index < -0.39 is 0 Å². The molecule has 0 radical (unpaired) electrons. The van der Waals surface area contributed by atoms with Crippen molar-refractivity contribution in [3.63, 3.8) is 0 Å². The summed E-state index contributed by atoms with van der Waals surface area (Å²) in [6.07, 6.45) is 2.30. The van der Waals surface area contributed by atoms with Gasteiger partial charge in [0.05, 0.1) is 17.6 Å². The Morgan fingerprint density at radius 2 is 2.08 bits per heavy atom. The van der Waals surface area contributed by atoms with Gasteiger partial charge in [-0.3, -0.25) is 0 Å². The molecule has 2 heterocycles. The van der Waals surface area contributed by atoms with Crippen molar-refractivity contribution in [3.8, 4) is 0 Å². The zero-order valence-electron chi connectivity index (χ0n) is 13.3. The second-order valence-electron chi connectivity index (χ2n) is 5.79. The first kappa shape index (κ1) is 15.9. The zero-order valence-corrected chi connectivity index (χ0v) is 14.8. The Kier molecular flexibility index (Phi) is 4.43. The van der Waals surface area contributed by atoms with E-state index in [2.05, 4.69) is 20.6 Å². The molecule has 1 aliphatic carbocycles. The van der Waals surface area contributed by atoms with Crippen molar-refractivity contribution in [2.45, 2.75) is 35.5 Å². The maximum atomic E-state index is 6.18. The Balaban J connectivity index is 1.71. The summed E-state index contributed by atoms with van der Waals surface area (Å²) >= 11 is 7.70. The smallest absolute Gasteiger partial charge is 0.175 e. The molecule has 1 fully saturated rings. The van der Waals surface area contributed by atoms with Gasteiger partial charge in [-0.2, -0.15) is 0 Å². The van der Waals surface area contributed by atoms with E-state index in [0.29, 0.717) is 17.7 Å². The Morgan fingerprint density at radius 1 is 1.25 bits per heavy atom. The van der Waals surface area contributed by atoms with E-state index in [0.717, 1.165) is 46.4 Å². The van der Waals surface area contributed by atoms with Crippen LogP contribution in [-0.2, 0) is 11.3 Å². The molecule has 1 aromatic carbocycles. The first-order valence-corrected chi connectivity index (χ1v) is 9.10. The lowest BCUT2D eigenvalue weighted by Crippen LogP contribution is -2.05. The number of para-hydroxylation sites is 2. The van der Waals surface area contributed by atoms with Crippen LogP contribution in [-0.4, -0.2) is 33.2 Å². The highest BCUT2D eigenvalue weighted by atomic mass is 35.5. The molecule has 0 bridgehead atoms. The average Bonchev–Trinajstić information content (AvgIpc) is 3.36. The number of benzene rings is 1. The van der Waals surface area contributed by atoms with Crippen molar-refractivity contribution < 1.29 is 4.74 Å². The Morgan fingerprint density at radius 3 is 2.88 bits per heavy atom. The maximum Gasteiger partial charge on any atom is 0.175 e. The van der Waals surface area contributed by atoms with Gasteiger partial charge in [0.1, 0.15) is 16.0 Å². The number of fused-ring (bicyclic) bond motifs is 1. The van der Waals surface area contributed by atoms with Gasteiger partial charge < -0.3 is 9.30 Å². The van der Waals surface area contributed by atoms with Gasteiger partial charge >= 0.3 is 0 Å². The summed E-state index contributed by atoms with van der Waals surface area (Å²) in [6.45, 7) is 1.37. The SMILES string of the molecule is COCCn1c(Sc2cc(Cl)nc(C3CC3)n2)nc2ccccc21. The van der Waals surface area contributed by atoms with Crippen LogP contribution < -0.4 is 0 Å². The van der Waals surface area contributed by atoms with Gasteiger partial charge in [-0.05, 0) is 36.7 Å². The fourth-order valence-electron chi connectivity index (χ4n) is 2.61. The third-order valence-electron chi connectivity index (χ3n) is 3.97. The fraction of sp³-hybridized carbons (Fsp3) is 0.353. The molecule has 0 spiro atoms. The lowest BCUT2D eigenvalue weighted by molar-refractivity contribution is 0.186. The van der Waals surface area contributed by atoms with Crippen LogP contribution >= 0.6 is 23.4 Å². The molecule has 5 nitrogen and oxygen atoms in total. The molecule has 1 saturated carbocycles. The Labute approximate surface area is 149 Å². The van der Waals surface area contributed by atoms with Gasteiger partial charge in [0.25, 0.3) is 0 Å². The summed E-state index contributed by atoms with van der Waals surface area (Å²) in [7, 11) is 1.71. The number of imidazole rings is 1. The van der Waals surface area contributed by atoms with Crippen LogP contribution in [0, 0.1) is 0 Å². The van der Waals surface area contributed by atoms with Crippen molar-refractivity contribution in [1.82, 2.24) is 19.5 Å². The van der Waals surface area contributed by atoms with Crippen LogP contribution in [0.4, 0.5) is 0 Å². The van der Waals surface area contributed by atoms with Crippen LogP contribution in [0.2, 0.25) is 5.15 Å². The summed E-state index contributed by atoms with van der Waals surface area (Å²) in [4.78, 5) is 13.8. The quantitative estimate of drug-likeness (QED) is 0.618. The summed E-state index contributed by atoms with van der Waals surface area (Å²) in [5.41, 5.74) is 2.07. The van der Waals surface area contributed by atoms with E-state index in [-0.39, 0.29) is 0 Å². The van der Waals surface area contributed by atoms with Crippen molar-refractivity contribution >= 4 is 34.4 Å². The van der Waals surface area contributed by atoms with E-state index in [1.807, 2.05) is 18.2 Å². The van der Waals surface area contributed by atoms with Crippen LogP contribution in [0.1, 0.15) is 24.6 Å². The topological polar surface area (TPSA) is 52.8 Å². The van der Waals surface area contributed by atoms with E-state index in [4.69, 9.17) is 21.3 Å². The second kappa shape index (κ2) is 6.70. The minimum absolute atomic E-state index is 0.468. The first-order valence-electron chi connectivity index (χ1n) is 7.91. The fourth-order valence-corrected chi connectivity index (χ4v) is 3.81. The molecule has 24 heavy (non-hydrogen) atoms. The Hall–Kier alpha value is -1.63. The lowest BCUT2D eigenvalue weighted by atomic mass is 10.3. The molecule has 7 heteroatoms. The molecule has 0 unspecified atom stereocenters. The highest BCUT2D eigenvalue weighted by Gasteiger charge is 2.27. The zero-order chi connectivity index (χ0) is 16.5. The van der Waals surface area contributed by atoms with Crippen molar-refractivity contribution in [1.29, 1.82) is 0 Å². The monoisotopic (exact) mass is 360 g/mol. The van der Waals surface area contributed by atoms with E-state index in [9.17, 15) is 0 Å². The van der Waals surface area contributed by atoms with E-state index in [1.54, 1.807) is 13.2 Å². The van der Waals surface area contributed by atoms with Gasteiger partial charge in [-0.1, -0.05) is 23.7 Å². The van der Waals surface area contributed by atoms with Crippen molar-refractivity contribution in [2.24, 2.45) is 0 Å². The minimum atomic E-state index is 0.468. The second-order valence-corrected chi connectivity index (χ2v) is 7.17. The molecular weight excluding hydrogens is 344 g/mol. The molecule has 0 amide bonds. The Bertz CT molecular complexity index is 878. The molecule has 124 valence electrons. The largest absolute Gasteiger partial charge is 0.383 e. The summed E-state index contributed by atoms with van der Waals surface area (Å²) in [5.74, 6) is 1.32. The molecule has 0 N–H and O–H groups in total. The molecule has 1 aliphatic rings. The number of hydrogen-bond donors (Lipinski definition) is 0. The molecular formula is C17H17ClN4OS. The molecule has 0 aliphatic heterocycles. The van der Waals surface area contributed by atoms with Crippen LogP contribution in [0.25, 0.3) is 11.0 Å². The number of hydrogen-bond acceptors (Lipinski definition) is 5. The first-order chi connectivity index (χ1) is 11.7. The normalized spacial score (nSPS) is 14.4. The van der Waals surface area contributed by atoms with E-state index in [1.165, 1.54) is 11.8 Å². The van der Waals surface area contributed by atoms with Gasteiger partial charge in [-0.25, -0.2) is 15.0 Å². The molecule has 0 saturated heterocycles. The average molecular weight is 361 g/mol. The van der Waals surface area contributed by atoms with Crippen molar-refractivity contribution in [3.05, 3.63) is 41.3 Å². The van der Waals surface area contributed by atoms with Gasteiger partial charge in [0, 0.05) is 25.6 Å². The number of aromatic nitrogens is 4. The maximum absolute atomic E-state index is 6.18. The third-order valence-corrected chi connectivity index (χ3v) is 5.07. The highest BCUT2D eigenvalue weighted by molar-refractivity contribution is 7.99. The number of methoxy groups -OCH3 is 1. The number of halogens is 1. The number of rotatable bonds is 6. The van der Waals surface area contributed by atoms with Gasteiger partial charge in [-0.15, -0.1) is 0 Å². The summed E-state index contributed by atoms with van der Waals surface area (Å²) < 4.78 is 7.41.